The van der Waals surface area contributed by atoms with Crippen LogP contribution in [-0.2, 0) is 0 Å². The van der Waals surface area contributed by atoms with Gasteiger partial charge in [-0.3, -0.25) is 4.99 Å². The standard InChI is InChI=1S/C10H17N/c1-6-10(7-11-5)9(4)8(2)3/h6-7H,1-5H3/b10-6+,11-7?. The van der Waals surface area contributed by atoms with Gasteiger partial charge in [0.05, 0.1) is 0 Å². The molecule has 0 fully saturated rings. The molecule has 0 bridgehead atoms. The molecular formula is C10H17N. The third-order valence-corrected chi connectivity index (χ3v) is 1.76. The molecule has 0 atom stereocenters. The van der Waals surface area contributed by atoms with Crippen LogP contribution in [0.25, 0.3) is 0 Å². The first-order valence-corrected chi connectivity index (χ1v) is 3.86. The zero-order valence-corrected chi connectivity index (χ0v) is 8.10. The highest BCUT2D eigenvalue weighted by atomic mass is 14.6. The molecule has 0 saturated heterocycles. The molecule has 1 nitrogen and oxygen atoms in total. The summed E-state index contributed by atoms with van der Waals surface area (Å²) in [5.74, 6) is 0. The molecule has 0 rings (SSSR count). The van der Waals surface area contributed by atoms with Gasteiger partial charge in [0, 0.05) is 13.3 Å². The zero-order valence-electron chi connectivity index (χ0n) is 8.10. The highest BCUT2D eigenvalue weighted by Crippen LogP contribution is 2.11. The molecule has 0 aliphatic heterocycles. The van der Waals surface area contributed by atoms with E-state index in [1.807, 2.05) is 13.1 Å². The van der Waals surface area contributed by atoms with Crippen molar-refractivity contribution in [1.82, 2.24) is 0 Å². The maximum absolute atomic E-state index is 3.98. The van der Waals surface area contributed by atoms with Gasteiger partial charge in [-0.2, -0.15) is 0 Å². The van der Waals surface area contributed by atoms with E-state index in [1.165, 1.54) is 16.7 Å². The highest BCUT2D eigenvalue weighted by Gasteiger charge is 1.95. The summed E-state index contributed by atoms with van der Waals surface area (Å²) in [4.78, 5) is 3.98. The maximum atomic E-state index is 3.98. The molecule has 0 aliphatic rings. The minimum absolute atomic E-state index is 1.22. The molecule has 62 valence electrons. The topological polar surface area (TPSA) is 12.4 Å². The Morgan fingerprint density at radius 2 is 1.73 bits per heavy atom. The van der Waals surface area contributed by atoms with E-state index in [0.717, 1.165) is 0 Å². The number of rotatable bonds is 2. The Kier molecular flexibility index (Phi) is 4.51. The van der Waals surface area contributed by atoms with E-state index in [2.05, 4.69) is 31.8 Å². The van der Waals surface area contributed by atoms with Gasteiger partial charge in [0.1, 0.15) is 0 Å². The van der Waals surface area contributed by atoms with E-state index in [-0.39, 0.29) is 0 Å². The van der Waals surface area contributed by atoms with Crippen molar-refractivity contribution in [2.45, 2.75) is 27.7 Å². The fourth-order valence-corrected chi connectivity index (χ4v) is 0.816. The SMILES string of the molecule is C/C=C(\C=NC)C(C)=C(C)C. The fraction of sp³-hybridized carbons (Fsp3) is 0.500. The molecule has 0 unspecified atom stereocenters. The molecule has 0 amide bonds. The summed E-state index contributed by atoms with van der Waals surface area (Å²) in [6.45, 7) is 8.38. The summed E-state index contributed by atoms with van der Waals surface area (Å²) < 4.78 is 0. The van der Waals surface area contributed by atoms with Gasteiger partial charge in [-0.15, -0.1) is 0 Å². The van der Waals surface area contributed by atoms with Gasteiger partial charge in [0.15, 0.2) is 0 Å². The third-order valence-electron chi connectivity index (χ3n) is 1.76. The second kappa shape index (κ2) is 4.89. The molecule has 0 heterocycles. The van der Waals surface area contributed by atoms with Crippen LogP contribution >= 0.6 is 0 Å². The van der Waals surface area contributed by atoms with Crippen LogP contribution in [0.4, 0.5) is 0 Å². The summed E-state index contributed by atoms with van der Waals surface area (Å²) in [7, 11) is 1.79. The molecule has 11 heavy (non-hydrogen) atoms. The predicted molar refractivity (Wildman–Crippen MR) is 52.2 cm³/mol. The van der Waals surface area contributed by atoms with Gasteiger partial charge < -0.3 is 0 Å². The van der Waals surface area contributed by atoms with Crippen molar-refractivity contribution >= 4 is 6.21 Å². The highest BCUT2D eigenvalue weighted by molar-refractivity contribution is 5.84. The van der Waals surface area contributed by atoms with E-state index in [0.29, 0.717) is 0 Å². The minimum Gasteiger partial charge on any atom is -0.296 e. The van der Waals surface area contributed by atoms with Crippen molar-refractivity contribution in [3.63, 3.8) is 0 Å². The van der Waals surface area contributed by atoms with Gasteiger partial charge >= 0.3 is 0 Å². The molecule has 0 radical (unpaired) electrons. The van der Waals surface area contributed by atoms with Crippen LogP contribution in [0, 0.1) is 0 Å². The summed E-state index contributed by atoms with van der Waals surface area (Å²) in [6.07, 6.45) is 3.97. The van der Waals surface area contributed by atoms with Crippen LogP contribution in [-0.4, -0.2) is 13.3 Å². The van der Waals surface area contributed by atoms with E-state index < -0.39 is 0 Å². The Bertz CT molecular complexity index is 203. The average molecular weight is 151 g/mol. The number of aliphatic imine (C=N–C) groups is 1. The van der Waals surface area contributed by atoms with Crippen LogP contribution in [0.2, 0.25) is 0 Å². The summed E-state index contributed by atoms with van der Waals surface area (Å²) in [6, 6.07) is 0. The van der Waals surface area contributed by atoms with Crippen LogP contribution in [0.1, 0.15) is 27.7 Å². The first-order valence-electron chi connectivity index (χ1n) is 3.86. The van der Waals surface area contributed by atoms with Crippen molar-refractivity contribution < 1.29 is 0 Å². The Morgan fingerprint density at radius 3 is 2.00 bits per heavy atom. The van der Waals surface area contributed by atoms with E-state index in [9.17, 15) is 0 Å². The first-order chi connectivity index (χ1) is 5.13. The second-order valence-corrected chi connectivity index (χ2v) is 2.76. The average Bonchev–Trinajstić information content (AvgIpc) is 1.98. The zero-order chi connectivity index (χ0) is 8.85. The normalized spacial score (nSPS) is 12.3. The van der Waals surface area contributed by atoms with E-state index in [4.69, 9.17) is 0 Å². The largest absolute Gasteiger partial charge is 0.296 e. The lowest BCUT2D eigenvalue weighted by molar-refractivity contribution is 1.27. The number of allylic oxidation sites excluding steroid dienone is 4. The summed E-state index contributed by atoms with van der Waals surface area (Å²) >= 11 is 0. The van der Waals surface area contributed by atoms with Crippen LogP contribution < -0.4 is 0 Å². The fourth-order valence-electron chi connectivity index (χ4n) is 0.816. The Labute approximate surface area is 69.5 Å². The van der Waals surface area contributed by atoms with Crippen LogP contribution in [0.5, 0.6) is 0 Å². The predicted octanol–water partition coefficient (Wildman–Crippen LogP) is 2.99. The molecule has 0 N–H and O–H groups in total. The van der Waals surface area contributed by atoms with Crippen molar-refractivity contribution in [2.24, 2.45) is 4.99 Å². The van der Waals surface area contributed by atoms with Crippen LogP contribution in [0.15, 0.2) is 27.8 Å². The number of nitrogens with zero attached hydrogens (tertiary/aromatic N) is 1. The molecule has 0 aromatic rings. The Balaban J connectivity index is 4.69. The first kappa shape index (κ1) is 10.2. The van der Waals surface area contributed by atoms with Gasteiger partial charge in [-0.25, -0.2) is 0 Å². The van der Waals surface area contributed by atoms with E-state index >= 15 is 0 Å². The number of hydrogen-bond acceptors (Lipinski definition) is 1. The summed E-state index contributed by atoms with van der Waals surface area (Å²) in [5.41, 5.74) is 3.88. The Morgan fingerprint density at radius 1 is 1.18 bits per heavy atom. The lowest BCUT2D eigenvalue weighted by Gasteiger charge is -2.02. The second-order valence-electron chi connectivity index (χ2n) is 2.76. The molecule has 0 saturated carbocycles. The van der Waals surface area contributed by atoms with Crippen LogP contribution in [0.3, 0.4) is 0 Å². The lowest BCUT2D eigenvalue weighted by atomic mass is 10.0. The van der Waals surface area contributed by atoms with Crippen molar-refractivity contribution in [3.05, 3.63) is 22.8 Å². The molecule has 0 aromatic heterocycles. The van der Waals surface area contributed by atoms with Crippen molar-refractivity contribution in [2.75, 3.05) is 7.05 Å². The maximum Gasteiger partial charge on any atom is 0.0280 e. The lowest BCUT2D eigenvalue weighted by Crippen LogP contribution is -1.88. The van der Waals surface area contributed by atoms with Gasteiger partial charge in [0.2, 0.25) is 0 Å². The monoisotopic (exact) mass is 151 g/mol. The summed E-state index contributed by atoms with van der Waals surface area (Å²) in [5, 5.41) is 0. The molecular weight excluding hydrogens is 134 g/mol. The third kappa shape index (κ3) is 3.17. The quantitative estimate of drug-likeness (QED) is 0.425. The van der Waals surface area contributed by atoms with E-state index in [1.54, 1.807) is 7.05 Å². The smallest absolute Gasteiger partial charge is 0.0280 e. The molecule has 0 aliphatic carbocycles. The minimum atomic E-state index is 1.22. The van der Waals surface area contributed by atoms with Gasteiger partial charge in [0.25, 0.3) is 0 Å². The molecule has 1 heteroatoms. The van der Waals surface area contributed by atoms with Crippen molar-refractivity contribution in [1.29, 1.82) is 0 Å². The Hall–Kier alpha value is -0.850. The van der Waals surface area contributed by atoms with Crippen molar-refractivity contribution in [3.8, 4) is 0 Å². The van der Waals surface area contributed by atoms with Gasteiger partial charge in [-0.05, 0) is 38.8 Å². The molecule has 0 aromatic carbocycles. The molecule has 0 spiro atoms. The number of hydrogen-bond donors (Lipinski definition) is 0. The van der Waals surface area contributed by atoms with Gasteiger partial charge in [-0.1, -0.05) is 11.6 Å².